The van der Waals surface area contributed by atoms with E-state index in [-0.39, 0.29) is 11.5 Å². The average molecular weight is 386 g/mol. The van der Waals surface area contributed by atoms with Crippen molar-refractivity contribution in [3.63, 3.8) is 0 Å². The van der Waals surface area contributed by atoms with E-state index in [1.54, 1.807) is 11.3 Å². The maximum absolute atomic E-state index is 13.3. The van der Waals surface area contributed by atoms with Gasteiger partial charge in [-0.05, 0) is 57.1 Å². The number of hydrogen-bond donors (Lipinski definition) is 1. The highest BCUT2D eigenvalue weighted by molar-refractivity contribution is 7.22. The fourth-order valence-corrected chi connectivity index (χ4v) is 6.17. The highest BCUT2D eigenvalue weighted by Crippen LogP contribution is 2.45. The molecule has 6 heteroatoms. The molecule has 1 amide bonds. The van der Waals surface area contributed by atoms with Crippen molar-refractivity contribution in [1.29, 1.82) is 0 Å². The van der Waals surface area contributed by atoms with Crippen LogP contribution in [0.4, 0.5) is 5.13 Å². The SMILES string of the molecule is O=C1N(C2CCC(O)CC2)CCC12CCN(c1nc3ccccc3s1)CC2. The Balaban J connectivity index is 1.26. The third-order valence-electron chi connectivity index (χ3n) is 6.93. The normalized spacial score (nSPS) is 28.4. The van der Waals surface area contributed by atoms with Gasteiger partial charge in [0.1, 0.15) is 0 Å². The van der Waals surface area contributed by atoms with Crippen LogP contribution in [0.25, 0.3) is 10.2 Å². The molecule has 3 aliphatic rings. The Morgan fingerprint density at radius 3 is 2.48 bits per heavy atom. The number of aliphatic hydroxyl groups excluding tert-OH is 1. The Labute approximate surface area is 164 Å². The molecule has 1 saturated carbocycles. The highest BCUT2D eigenvalue weighted by Gasteiger charge is 2.50. The van der Waals surface area contributed by atoms with Gasteiger partial charge in [-0.15, -0.1) is 0 Å². The van der Waals surface area contributed by atoms with Crippen LogP contribution in [0, 0.1) is 5.41 Å². The number of amides is 1. The molecule has 1 aliphatic carbocycles. The van der Waals surface area contributed by atoms with E-state index in [1.165, 1.54) is 4.70 Å². The maximum Gasteiger partial charge on any atom is 0.229 e. The van der Waals surface area contributed by atoms with Gasteiger partial charge in [-0.3, -0.25) is 4.79 Å². The summed E-state index contributed by atoms with van der Waals surface area (Å²) in [5.74, 6) is 0.382. The van der Waals surface area contributed by atoms with E-state index >= 15 is 0 Å². The number of aliphatic hydroxyl groups is 1. The number of nitrogens with zero attached hydrogens (tertiary/aromatic N) is 3. The highest BCUT2D eigenvalue weighted by atomic mass is 32.1. The molecule has 1 spiro atoms. The molecular weight excluding hydrogens is 358 g/mol. The van der Waals surface area contributed by atoms with Crippen molar-refractivity contribution < 1.29 is 9.90 Å². The van der Waals surface area contributed by atoms with E-state index in [0.717, 1.165) is 75.2 Å². The van der Waals surface area contributed by atoms with Gasteiger partial charge in [0.15, 0.2) is 5.13 Å². The number of fused-ring (bicyclic) bond motifs is 1. The van der Waals surface area contributed by atoms with Gasteiger partial charge in [-0.1, -0.05) is 23.5 Å². The monoisotopic (exact) mass is 385 g/mol. The molecule has 1 aromatic heterocycles. The quantitative estimate of drug-likeness (QED) is 0.861. The molecule has 3 fully saturated rings. The molecule has 0 atom stereocenters. The van der Waals surface area contributed by atoms with Crippen LogP contribution in [0.15, 0.2) is 24.3 Å². The molecule has 2 aliphatic heterocycles. The van der Waals surface area contributed by atoms with Gasteiger partial charge in [0.2, 0.25) is 5.91 Å². The Morgan fingerprint density at radius 1 is 1.04 bits per heavy atom. The van der Waals surface area contributed by atoms with Crippen molar-refractivity contribution in [3.05, 3.63) is 24.3 Å². The predicted octanol–water partition coefficient (Wildman–Crippen LogP) is 3.42. The summed E-state index contributed by atoms with van der Waals surface area (Å²) in [5, 5.41) is 10.8. The number of benzene rings is 1. The zero-order valence-electron chi connectivity index (χ0n) is 15.6. The van der Waals surface area contributed by atoms with Gasteiger partial charge in [0.25, 0.3) is 0 Å². The smallest absolute Gasteiger partial charge is 0.229 e. The van der Waals surface area contributed by atoms with E-state index in [4.69, 9.17) is 4.98 Å². The van der Waals surface area contributed by atoms with E-state index in [1.807, 2.05) is 6.07 Å². The van der Waals surface area contributed by atoms with E-state index in [2.05, 4.69) is 28.0 Å². The van der Waals surface area contributed by atoms with Crippen LogP contribution in [-0.4, -0.2) is 52.7 Å². The van der Waals surface area contributed by atoms with Crippen LogP contribution in [0.2, 0.25) is 0 Å². The van der Waals surface area contributed by atoms with Gasteiger partial charge < -0.3 is 14.9 Å². The number of para-hydroxylation sites is 1. The molecule has 2 aromatic rings. The van der Waals surface area contributed by atoms with Crippen LogP contribution in [0.5, 0.6) is 0 Å². The predicted molar refractivity (Wildman–Crippen MR) is 108 cm³/mol. The van der Waals surface area contributed by atoms with Crippen LogP contribution in [-0.2, 0) is 4.79 Å². The lowest BCUT2D eigenvalue weighted by Crippen LogP contribution is -2.47. The lowest BCUT2D eigenvalue weighted by Gasteiger charge is -2.39. The average Bonchev–Trinajstić information content (AvgIpc) is 3.26. The van der Waals surface area contributed by atoms with Gasteiger partial charge in [-0.25, -0.2) is 4.98 Å². The summed E-state index contributed by atoms with van der Waals surface area (Å²) in [6.07, 6.45) is 6.31. The Kier molecular flexibility index (Phi) is 4.36. The molecule has 0 radical (unpaired) electrons. The van der Waals surface area contributed by atoms with Crippen LogP contribution >= 0.6 is 11.3 Å². The molecule has 27 heavy (non-hydrogen) atoms. The van der Waals surface area contributed by atoms with Gasteiger partial charge in [0.05, 0.1) is 21.7 Å². The minimum Gasteiger partial charge on any atom is -0.393 e. The number of carbonyl (C=O) groups excluding carboxylic acids is 1. The first-order valence-electron chi connectivity index (χ1n) is 10.2. The van der Waals surface area contributed by atoms with Gasteiger partial charge in [0, 0.05) is 25.7 Å². The number of aromatic nitrogens is 1. The third kappa shape index (κ3) is 3.03. The molecule has 144 valence electrons. The summed E-state index contributed by atoms with van der Waals surface area (Å²) in [4.78, 5) is 22.6. The molecule has 0 bridgehead atoms. The number of piperidine rings is 1. The number of thiazole rings is 1. The second-order valence-corrected chi connectivity index (χ2v) is 9.45. The first-order chi connectivity index (χ1) is 13.1. The number of likely N-dealkylation sites (tertiary alicyclic amines) is 1. The number of hydrogen-bond acceptors (Lipinski definition) is 5. The van der Waals surface area contributed by atoms with Crippen molar-refractivity contribution >= 4 is 32.6 Å². The first-order valence-corrected chi connectivity index (χ1v) is 11.1. The Morgan fingerprint density at radius 2 is 1.74 bits per heavy atom. The number of carbonyl (C=O) groups is 1. The van der Waals surface area contributed by atoms with Crippen molar-refractivity contribution in [2.24, 2.45) is 5.41 Å². The van der Waals surface area contributed by atoms with Crippen LogP contribution in [0.1, 0.15) is 44.9 Å². The lowest BCUT2D eigenvalue weighted by atomic mass is 9.77. The third-order valence-corrected chi connectivity index (χ3v) is 8.02. The summed E-state index contributed by atoms with van der Waals surface area (Å²) < 4.78 is 1.23. The summed E-state index contributed by atoms with van der Waals surface area (Å²) in [6.45, 7) is 2.74. The van der Waals surface area contributed by atoms with Crippen LogP contribution in [0.3, 0.4) is 0 Å². The van der Waals surface area contributed by atoms with Gasteiger partial charge >= 0.3 is 0 Å². The summed E-state index contributed by atoms with van der Waals surface area (Å²) in [5.41, 5.74) is 0.920. The molecule has 0 unspecified atom stereocenters. The maximum atomic E-state index is 13.3. The molecule has 1 aromatic carbocycles. The summed E-state index contributed by atoms with van der Waals surface area (Å²) in [7, 11) is 0. The Hall–Kier alpha value is -1.66. The Bertz CT molecular complexity index is 802. The second-order valence-electron chi connectivity index (χ2n) is 8.44. The fraction of sp³-hybridized carbons (Fsp3) is 0.619. The molecule has 3 heterocycles. The number of rotatable bonds is 2. The molecule has 5 nitrogen and oxygen atoms in total. The minimum absolute atomic E-state index is 0.150. The molecule has 1 N–H and O–H groups in total. The molecule has 2 saturated heterocycles. The first kappa shape index (κ1) is 17.4. The standard InChI is InChI=1S/C21H27N3O2S/c25-16-7-5-15(6-8-16)24-14-11-21(19(24)26)9-12-23(13-10-21)20-22-17-3-1-2-4-18(17)27-20/h1-4,15-16,25H,5-14H2. The zero-order chi connectivity index (χ0) is 18.4. The van der Waals surface area contributed by atoms with Crippen LogP contribution < -0.4 is 4.90 Å². The largest absolute Gasteiger partial charge is 0.393 e. The molecule has 5 rings (SSSR count). The summed E-state index contributed by atoms with van der Waals surface area (Å²) >= 11 is 1.75. The minimum atomic E-state index is -0.162. The second kappa shape index (κ2) is 6.74. The van der Waals surface area contributed by atoms with E-state index < -0.39 is 0 Å². The van der Waals surface area contributed by atoms with Gasteiger partial charge in [-0.2, -0.15) is 0 Å². The zero-order valence-corrected chi connectivity index (χ0v) is 16.5. The van der Waals surface area contributed by atoms with Crippen molar-refractivity contribution in [2.75, 3.05) is 24.5 Å². The number of anilines is 1. The van der Waals surface area contributed by atoms with E-state index in [0.29, 0.717) is 11.9 Å². The van der Waals surface area contributed by atoms with Crippen molar-refractivity contribution in [1.82, 2.24) is 9.88 Å². The summed E-state index contributed by atoms with van der Waals surface area (Å²) in [6, 6.07) is 8.64. The topological polar surface area (TPSA) is 56.7 Å². The van der Waals surface area contributed by atoms with E-state index in [9.17, 15) is 9.90 Å². The fourth-order valence-electron chi connectivity index (χ4n) is 5.15. The van der Waals surface area contributed by atoms with Crippen molar-refractivity contribution in [2.45, 2.75) is 57.1 Å². The van der Waals surface area contributed by atoms with Crippen molar-refractivity contribution in [3.8, 4) is 0 Å². The molecular formula is C21H27N3O2S. The lowest BCUT2D eigenvalue weighted by molar-refractivity contribution is -0.139.